The summed E-state index contributed by atoms with van der Waals surface area (Å²) in [6, 6.07) is 6.07. The molecule has 1 aromatic rings. The van der Waals surface area contributed by atoms with Crippen molar-refractivity contribution in [3.05, 3.63) is 34.8 Å². The molecule has 0 saturated heterocycles. The van der Waals surface area contributed by atoms with E-state index >= 15 is 0 Å². The minimum atomic E-state index is -0.00944. The lowest BCUT2D eigenvalue weighted by Crippen LogP contribution is -2.12. The van der Waals surface area contributed by atoms with Crippen LogP contribution in [-0.2, 0) is 5.41 Å². The van der Waals surface area contributed by atoms with Crippen molar-refractivity contribution in [2.45, 2.75) is 19.3 Å². The van der Waals surface area contributed by atoms with Crippen molar-refractivity contribution in [3.63, 3.8) is 0 Å². The van der Waals surface area contributed by atoms with E-state index in [1.165, 1.54) is 5.56 Å². The van der Waals surface area contributed by atoms with Crippen molar-refractivity contribution in [2.24, 2.45) is 0 Å². The molecule has 15 heavy (non-hydrogen) atoms. The lowest BCUT2D eigenvalue weighted by Gasteiger charge is -2.20. The molecule has 0 amide bonds. The Morgan fingerprint density at radius 1 is 1.27 bits per heavy atom. The molecule has 0 fully saturated rings. The second-order valence-corrected chi connectivity index (χ2v) is 4.61. The van der Waals surface area contributed by atoms with Gasteiger partial charge in [-0.25, -0.2) is 0 Å². The van der Waals surface area contributed by atoms with E-state index in [-0.39, 0.29) is 5.41 Å². The van der Waals surface area contributed by atoms with Gasteiger partial charge in [-0.05, 0) is 22.7 Å². The summed E-state index contributed by atoms with van der Waals surface area (Å²) >= 11 is 3.31. The van der Waals surface area contributed by atoms with Gasteiger partial charge in [-0.1, -0.05) is 41.9 Å². The second-order valence-electron chi connectivity index (χ2n) is 4.08. The highest BCUT2D eigenvalue weighted by Gasteiger charge is 2.21. The van der Waals surface area contributed by atoms with E-state index in [2.05, 4.69) is 41.9 Å². The number of hydrogen-bond donors (Lipinski definition) is 0. The summed E-state index contributed by atoms with van der Waals surface area (Å²) in [7, 11) is 0. The quantitative estimate of drug-likeness (QED) is 0.816. The second kappa shape index (κ2) is 3.89. The summed E-state index contributed by atoms with van der Waals surface area (Å²) in [6.07, 6.45) is 2.10. The van der Waals surface area contributed by atoms with E-state index in [0.29, 0.717) is 6.79 Å². The first kappa shape index (κ1) is 10.6. The molecule has 0 spiro atoms. The van der Waals surface area contributed by atoms with Crippen molar-refractivity contribution < 1.29 is 9.47 Å². The summed E-state index contributed by atoms with van der Waals surface area (Å²) < 4.78 is 10.6. The number of benzene rings is 1. The Bertz CT molecular complexity index is 397. The Kier molecular flexibility index (Phi) is 2.74. The predicted molar refractivity (Wildman–Crippen MR) is 63.7 cm³/mol. The summed E-state index contributed by atoms with van der Waals surface area (Å²) in [5.41, 5.74) is 1.20. The topological polar surface area (TPSA) is 18.5 Å². The fourth-order valence-electron chi connectivity index (χ4n) is 1.55. The fourth-order valence-corrected chi connectivity index (χ4v) is 2.21. The molecule has 80 valence electrons. The maximum Gasteiger partial charge on any atom is 0.231 e. The van der Waals surface area contributed by atoms with E-state index in [1.54, 1.807) is 0 Å². The SMILES string of the molecule is CC(C)(/C=C\Br)c1ccc2c(c1)OCO2. The third kappa shape index (κ3) is 2.02. The van der Waals surface area contributed by atoms with Crippen molar-refractivity contribution >= 4 is 15.9 Å². The molecule has 2 rings (SSSR count). The third-order valence-corrected chi connectivity index (χ3v) is 2.86. The van der Waals surface area contributed by atoms with Gasteiger partial charge in [-0.2, -0.15) is 0 Å². The van der Waals surface area contributed by atoms with Gasteiger partial charge >= 0.3 is 0 Å². The first-order valence-electron chi connectivity index (χ1n) is 4.81. The largest absolute Gasteiger partial charge is 0.454 e. The van der Waals surface area contributed by atoms with Crippen LogP contribution in [0, 0.1) is 0 Å². The van der Waals surface area contributed by atoms with Gasteiger partial charge in [0, 0.05) is 5.41 Å². The summed E-state index contributed by atoms with van der Waals surface area (Å²) in [5.74, 6) is 1.67. The average Bonchev–Trinajstić information content (AvgIpc) is 2.63. The third-order valence-electron chi connectivity index (χ3n) is 2.60. The molecule has 0 N–H and O–H groups in total. The Labute approximate surface area is 98.0 Å². The first-order valence-corrected chi connectivity index (χ1v) is 5.73. The summed E-state index contributed by atoms with van der Waals surface area (Å²) in [4.78, 5) is 1.89. The highest BCUT2D eigenvalue weighted by Crippen LogP contribution is 2.36. The number of ether oxygens (including phenoxy) is 2. The number of halogens is 1. The zero-order valence-electron chi connectivity index (χ0n) is 8.79. The maximum atomic E-state index is 5.35. The van der Waals surface area contributed by atoms with Gasteiger partial charge in [-0.3, -0.25) is 0 Å². The highest BCUT2D eigenvalue weighted by atomic mass is 79.9. The van der Waals surface area contributed by atoms with Crippen molar-refractivity contribution in [1.82, 2.24) is 0 Å². The molecule has 0 unspecified atom stereocenters. The lowest BCUT2D eigenvalue weighted by atomic mass is 9.85. The van der Waals surface area contributed by atoms with Crippen LogP contribution in [-0.4, -0.2) is 6.79 Å². The molecule has 0 saturated carbocycles. The average molecular weight is 269 g/mol. The first-order chi connectivity index (χ1) is 7.13. The van der Waals surface area contributed by atoms with E-state index in [4.69, 9.17) is 9.47 Å². The molecule has 2 nitrogen and oxygen atoms in total. The van der Waals surface area contributed by atoms with Crippen molar-refractivity contribution in [2.75, 3.05) is 6.79 Å². The summed E-state index contributed by atoms with van der Waals surface area (Å²) in [6.45, 7) is 4.64. The number of rotatable bonds is 2. The molecule has 3 heteroatoms. The Balaban J connectivity index is 2.38. The number of allylic oxidation sites excluding steroid dienone is 1. The molecule has 1 heterocycles. The van der Waals surface area contributed by atoms with Gasteiger partial charge in [0.2, 0.25) is 6.79 Å². The van der Waals surface area contributed by atoms with Gasteiger partial charge in [0.25, 0.3) is 0 Å². The molecular formula is C12H13BrO2. The molecule has 0 aliphatic carbocycles. The smallest absolute Gasteiger partial charge is 0.231 e. The lowest BCUT2D eigenvalue weighted by molar-refractivity contribution is 0.174. The van der Waals surface area contributed by atoms with Crippen molar-refractivity contribution in [3.8, 4) is 11.5 Å². The Morgan fingerprint density at radius 3 is 2.73 bits per heavy atom. The van der Waals surface area contributed by atoms with Crippen LogP contribution in [0.5, 0.6) is 11.5 Å². The molecular weight excluding hydrogens is 256 g/mol. The highest BCUT2D eigenvalue weighted by molar-refractivity contribution is 9.11. The molecule has 0 aromatic heterocycles. The van der Waals surface area contributed by atoms with Crippen LogP contribution in [0.4, 0.5) is 0 Å². The van der Waals surface area contributed by atoms with Crippen LogP contribution >= 0.6 is 15.9 Å². The van der Waals surface area contributed by atoms with E-state index < -0.39 is 0 Å². The Morgan fingerprint density at radius 2 is 2.00 bits per heavy atom. The van der Waals surface area contributed by atoms with Crippen LogP contribution < -0.4 is 9.47 Å². The van der Waals surface area contributed by atoms with Crippen LogP contribution in [0.15, 0.2) is 29.3 Å². The number of fused-ring (bicyclic) bond motifs is 1. The maximum absolute atomic E-state index is 5.35. The fraction of sp³-hybridized carbons (Fsp3) is 0.333. The molecule has 0 radical (unpaired) electrons. The normalized spacial score (nSPS) is 14.9. The van der Waals surface area contributed by atoms with Crippen LogP contribution in [0.2, 0.25) is 0 Å². The summed E-state index contributed by atoms with van der Waals surface area (Å²) in [5, 5.41) is 0. The van der Waals surface area contributed by atoms with Crippen molar-refractivity contribution in [1.29, 1.82) is 0 Å². The van der Waals surface area contributed by atoms with Gasteiger partial charge < -0.3 is 9.47 Å². The predicted octanol–water partition coefficient (Wildman–Crippen LogP) is 3.60. The molecule has 0 bridgehead atoms. The van der Waals surface area contributed by atoms with Gasteiger partial charge in [-0.15, -0.1) is 0 Å². The molecule has 1 aliphatic heterocycles. The van der Waals surface area contributed by atoms with Gasteiger partial charge in [0.05, 0.1) is 0 Å². The van der Waals surface area contributed by atoms with E-state index in [1.807, 2.05) is 17.1 Å². The molecule has 0 atom stereocenters. The Hall–Kier alpha value is -0.960. The zero-order valence-corrected chi connectivity index (χ0v) is 10.4. The molecule has 1 aliphatic rings. The number of hydrogen-bond acceptors (Lipinski definition) is 2. The zero-order chi connectivity index (χ0) is 10.9. The van der Waals surface area contributed by atoms with E-state index in [9.17, 15) is 0 Å². The van der Waals surface area contributed by atoms with Gasteiger partial charge in [0.1, 0.15) is 0 Å². The standard InChI is InChI=1S/C12H13BrO2/c1-12(2,5-6-13)9-3-4-10-11(7-9)15-8-14-10/h3-7H,8H2,1-2H3/b6-5-. The van der Waals surface area contributed by atoms with Crippen LogP contribution in [0.25, 0.3) is 0 Å². The van der Waals surface area contributed by atoms with Gasteiger partial charge in [0.15, 0.2) is 11.5 Å². The van der Waals surface area contributed by atoms with Crippen LogP contribution in [0.1, 0.15) is 19.4 Å². The molecule has 1 aromatic carbocycles. The minimum Gasteiger partial charge on any atom is -0.454 e. The van der Waals surface area contributed by atoms with Crippen LogP contribution in [0.3, 0.4) is 0 Å². The minimum absolute atomic E-state index is 0.00944. The monoisotopic (exact) mass is 268 g/mol. The van der Waals surface area contributed by atoms with E-state index in [0.717, 1.165) is 11.5 Å².